The van der Waals surface area contributed by atoms with Gasteiger partial charge in [0.2, 0.25) is 5.95 Å². The Hall–Kier alpha value is -1.02. The fourth-order valence-electron chi connectivity index (χ4n) is 1.29. The molecule has 0 fully saturated rings. The Balaban J connectivity index is 2.07. The zero-order valence-electron chi connectivity index (χ0n) is 9.76. The van der Waals surface area contributed by atoms with E-state index < -0.39 is 0 Å². The van der Waals surface area contributed by atoms with E-state index in [1.54, 1.807) is 10.9 Å². The third-order valence-electron chi connectivity index (χ3n) is 2.16. The van der Waals surface area contributed by atoms with Crippen LogP contribution in [-0.2, 0) is 6.54 Å². The molecule has 6 heteroatoms. The maximum atomic E-state index is 4.29. The minimum atomic E-state index is 0.461. The molecule has 2 heterocycles. The van der Waals surface area contributed by atoms with Crippen LogP contribution in [-0.4, -0.2) is 25.8 Å². The zero-order chi connectivity index (χ0) is 12.3. The van der Waals surface area contributed by atoms with Gasteiger partial charge in [0.25, 0.3) is 0 Å². The molecule has 5 nitrogen and oxygen atoms in total. The summed E-state index contributed by atoms with van der Waals surface area (Å²) in [5.74, 6) is 0.598. The van der Waals surface area contributed by atoms with Crippen molar-refractivity contribution in [3.05, 3.63) is 33.9 Å². The fraction of sp³-hybridized carbons (Fsp3) is 0.364. The summed E-state index contributed by atoms with van der Waals surface area (Å²) in [5.41, 5.74) is 1.07. The molecule has 0 bridgehead atoms. The van der Waals surface area contributed by atoms with Gasteiger partial charge < -0.3 is 5.32 Å². The average molecular weight is 343 g/mol. The second-order valence-corrected chi connectivity index (χ2v) is 5.28. The van der Waals surface area contributed by atoms with Crippen molar-refractivity contribution in [3.63, 3.8) is 0 Å². The van der Waals surface area contributed by atoms with E-state index >= 15 is 0 Å². The van der Waals surface area contributed by atoms with E-state index in [-0.39, 0.29) is 0 Å². The third-order valence-corrected chi connectivity index (χ3v) is 2.72. The van der Waals surface area contributed by atoms with Gasteiger partial charge in [-0.2, -0.15) is 5.10 Å². The molecule has 0 amide bonds. The van der Waals surface area contributed by atoms with Crippen LogP contribution in [0.3, 0.4) is 0 Å². The highest BCUT2D eigenvalue weighted by molar-refractivity contribution is 14.1. The van der Waals surface area contributed by atoms with Crippen LogP contribution in [0.15, 0.2) is 24.8 Å². The Kier molecular flexibility index (Phi) is 4.06. The van der Waals surface area contributed by atoms with Gasteiger partial charge in [-0.05, 0) is 22.6 Å². The lowest BCUT2D eigenvalue weighted by Crippen LogP contribution is -2.22. The van der Waals surface area contributed by atoms with Crippen LogP contribution < -0.4 is 5.32 Å². The number of halogens is 1. The molecule has 2 aromatic heterocycles. The van der Waals surface area contributed by atoms with Crippen molar-refractivity contribution in [1.82, 2.24) is 25.1 Å². The molecular weight excluding hydrogens is 329 g/mol. The Morgan fingerprint density at radius 3 is 2.53 bits per heavy atom. The normalized spacial score (nSPS) is 11.1. The van der Waals surface area contributed by atoms with E-state index in [1.807, 2.05) is 18.6 Å². The van der Waals surface area contributed by atoms with Crippen molar-refractivity contribution >= 4 is 22.6 Å². The molecule has 0 atom stereocenters. The third kappa shape index (κ3) is 3.47. The Morgan fingerprint density at radius 1 is 1.29 bits per heavy atom. The van der Waals surface area contributed by atoms with Crippen LogP contribution in [0, 0.1) is 3.57 Å². The number of rotatable bonds is 4. The highest BCUT2D eigenvalue weighted by atomic mass is 127. The molecule has 0 unspecified atom stereocenters. The van der Waals surface area contributed by atoms with Crippen LogP contribution in [0.25, 0.3) is 5.95 Å². The molecule has 0 aliphatic rings. The van der Waals surface area contributed by atoms with Crippen LogP contribution >= 0.6 is 22.6 Å². The van der Waals surface area contributed by atoms with Crippen molar-refractivity contribution in [2.24, 2.45) is 0 Å². The van der Waals surface area contributed by atoms with Gasteiger partial charge in [0, 0.05) is 36.7 Å². The number of nitrogens with zero attached hydrogens (tertiary/aromatic N) is 4. The number of hydrogen-bond donors (Lipinski definition) is 1. The van der Waals surface area contributed by atoms with Gasteiger partial charge >= 0.3 is 0 Å². The molecule has 0 saturated carbocycles. The Morgan fingerprint density at radius 2 is 2.00 bits per heavy atom. The molecule has 1 N–H and O–H groups in total. The van der Waals surface area contributed by atoms with E-state index in [9.17, 15) is 0 Å². The van der Waals surface area contributed by atoms with E-state index in [0.29, 0.717) is 12.0 Å². The van der Waals surface area contributed by atoms with Gasteiger partial charge in [0.1, 0.15) is 0 Å². The molecule has 0 saturated heterocycles. The SMILES string of the molecule is CC(C)NCc1cnc(-n2cc(I)cn2)nc1. The molecule has 2 rings (SSSR count). The first kappa shape index (κ1) is 12.4. The van der Waals surface area contributed by atoms with E-state index in [0.717, 1.165) is 15.7 Å². The predicted molar refractivity (Wildman–Crippen MR) is 73.8 cm³/mol. The Bertz CT molecular complexity index is 477. The van der Waals surface area contributed by atoms with Gasteiger partial charge in [-0.15, -0.1) is 0 Å². The molecule has 17 heavy (non-hydrogen) atoms. The summed E-state index contributed by atoms with van der Waals surface area (Å²) in [5, 5.41) is 7.48. The van der Waals surface area contributed by atoms with E-state index in [1.165, 1.54) is 0 Å². The lowest BCUT2D eigenvalue weighted by molar-refractivity contribution is 0.586. The molecular formula is C11H14IN5. The van der Waals surface area contributed by atoms with Crippen LogP contribution in [0.4, 0.5) is 0 Å². The van der Waals surface area contributed by atoms with Crippen LogP contribution in [0.1, 0.15) is 19.4 Å². The first-order valence-corrected chi connectivity index (χ1v) is 6.48. The number of aromatic nitrogens is 4. The topological polar surface area (TPSA) is 55.6 Å². The highest BCUT2D eigenvalue weighted by Crippen LogP contribution is 2.05. The molecule has 0 aromatic carbocycles. The van der Waals surface area contributed by atoms with E-state index in [2.05, 4.69) is 56.8 Å². The van der Waals surface area contributed by atoms with Crippen molar-refractivity contribution in [2.75, 3.05) is 0 Å². The predicted octanol–water partition coefficient (Wildman–Crippen LogP) is 1.76. The van der Waals surface area contributed by atoms with Gasteiger partial charge in [0.05, 0.1) is 9.77 Å². The van der Waals surface area contributed by atoms with Crippen molar-refractivity contribution in [3.8, 4) is 5.95 Å². The summed E-state index contributed by atoms with van der Waals surface area (Å²) in [7, 11) is 0. The van der Waals surface area contributed by atoms with Gasteiger partial charge in [-0.25, -0.2) is 14.6 Å². The number of nitrogens with one attached hydrogen (secondary N) is 1. The molecule has 0 aliphatic heterocycles. The van der Waals surface area contributed by atoms with Gasteiger partial charge in [-0.3, -0.25) is 0 Å². The second-order valence-electron chi connectivity index (χ2n) is 4.03. The standard InChI is InChI=1S/C11H14IN5/c1-8(2)13-3-9-4-14-11(15-5-9)17-7-10(12)6-16-17/h4-8,13H,3H2,1-2H3. The minimum Gasteiger partial charge on any atom is -0.310 e. The monoisotopic (exact) mass is 343 g/mol. The lowest BCUT2D eigenvalue weighted by Gasteiger charge is -2.07. The lowest BCUT2D eigenvalue weighted by atomic mass is 10.3. The first-order chi connectivity index (χ1) is 8.15. The second kappa shape index (κ2) is 5.54. The quantitative estimate of drug-likeness (QED) is 0.860. The van der Waals surface area contributed by atoms with Crippen molar-refractivity contribution in [1.29, 1.82) is 0 Å². The summed E-state index contributed by atoms with van der Waals surface area (Å²) in [6.45, 7) is 5.01. The maximum absolute atomic E-state index is 4.29. The maximum Gasteiger partial charge on any atom is 0.250 e. The van der Waals surface area contributed by atoms with E-state index in [4.69, 9.17) is 0 Å². The largest absolute Gasteiger partial charge is 0.310 e. The summed E-state index contributed by atoms with van der Waals surface area (Å²) in [4.78, 5) is 8.57. The molecule has 0 radical (unpaired) electrons. The smallest absolute Gasteiger partial charge is 0.250 e. The van der Waals surface area contributed by atoms with Gasteiger partial charge in [-0.1, -0.05) is 13.8 Å². The molecule has 2 aromatic rings. The minimum absolute atomic E-state index is 0.461. The first-order valence-electron chi connectivity index (χ1n) is 5.40. The van der Waals surface area contributed by atoms with Crippen LogP contribution in [0.5, 0.6) is 0 Å². The zero-order valence-corrected chi connectivity index (χ0v) is 11.9. The molecule has 90 valence electrons. The van der Waals surface area contributed by atoms with Crippen LogP contribution in [0.2, 0.25) is 0 Å². The average Bonchev–Trinajstić information content (AvgIpc) is 2.74. The number of hydrogen-bond acceptors (Lipinski definition) is 4. The molecule has 0 aliphatic carbocycles. The van der Waals surface area contributed by atoms with Gasteiger partial charge in [0.15, 0.2) is 0 Å². The summed E-state index contributed by atoms with van der Waals surface area (Å²) in [6, 6.07) is 0.461. The van der Waals surface area contributed by atoms with Crippen molar-refractivity contribution in [2.45, 2.75) is 26.4 Å². The summed E-state index contributed by atoms with van der Waals surface area (Å²) >= 11 is 2.21. The Labute approximate surface area is 114 Å². The molecule has 0 spiro atoms. The fourth-order valence-corrected chi connectivity index (χ4v) is 1.68. The summed E-state index contributed by atoms with van der Waals surface area (Å²) in [6.07, 6.45) is 7.32. The summed E-state index contributed by atoms with van der Waals surface area (Å²) < 4.78 is 2.73. The van der Waals surface area contributed by atoms with Crippen molar-refractivity contribution < 1.29 is 0 Å². The highest BCUT2D eigenvalue weighted by Gasteiger charge is 2.02.